The molecule has 0 radical (unpaired) electrons. The van der Waals surface area contributed by atoms with Crippen LogP contribution in [0, 0.1) is 0 Å². The molecule has 1 heterocycles. The molecule has 0 saturated carbocycles. The van der Waals surface area contributed by atoms with Gasteiger partial charge in [-0.25, -0.2) is 9.59 Å². The average molecular weight is 295 g/mol. The van der Waals surface area contributed by atoms with Crippen molar-refractivity contribution in [3.05, 3.63) is 52.9 Å². The molecule has 0 saturated heterocycles. The quantitative estimate of drug-likeness (QED) is 0.808. The molecule has 2 aromatic rings. The predicted octanol–water partition coefficient (Wildman–Crippen LogP) is 2.95. The third-order valence-electron chi connectivity index (χ3n) is 2.49. The van der Waals surface area contributed by atoms with Crippen LogP contribution >= 0.6 is 11.6 Å². The van der Waals surface area contributed by atoms with Crippen LogP contribution in [0.3, 0.4) is 0 Å². The molecule has 1 aromatic heterocycles. The van der Waals surface area contributed by atoms with Gasteiger partial charge in [0.25, 0.3) is 0 Å². The molecule has 3 N–H and O–H groups in total. The summed E-state index contributed by atoms with van der Waals surface area (Å²) in [6.07, 6.45) is 3.01. The molecule has 0 fully saturated rings. The van der Waals surface area contributed by atoms with E-state index in [9.17, 15) is 9.59 Å². The van der Waals surface area contributed by atoms with E-state index in [2.05, 4.69) is 10.6 Å². The number of anilines is 1. The number of halogens is 1. The standard InChI is InChI=1S/C13H11ClN2O4/c14-10-2-1-9(12(17)18)5-11(10)16-13(19)15-6-8-3-4-20-7-8/h1-5,7H,6H2,(H,17,18)(H2,15,16,19). The van der Waals surface area contributed by atoms with E-state index in [0.717, 1.165) is 5.56 Å². The van der Waals surface area contributed by atoms with Crippen LogP contribution in [0.4, 0.5) is 10.5 Å². The highest BCUT2D eigenvalue weighted by Crippen LogP contribution is 2.23. The lowest BCUT2D eigenvalue weighted by Crippen LogP contribution is -2.28. The van der Waals surface area contributed by atoms with Crippen molar-refractivity contribution >= 4 is 29.3 Å². The van der Waals surface area contributed by atoms with E-state index < -0.39 is 12.0 Å². The number of benzene rings is 1. The summed E-state index contributed by atoms with van der Waals surface area (Å²) < 4.78 is 4.87. The second-order valence-electron chi connectivity index (χ2n) is 3.94. The third kappa shape index (κ3) is 3.52. The van der Waals surface area contributed by atoms with Crippen LogP contribution in [0.25, 0.3) is 0 Å². The number of nitrogens with one attached hydrogen (secondary N) is 2. The summed E-state index contributed by atoms with van der Waals surface area (Å²) in [5.41, 5.74) is 1.08. The normalized spacial score (nSPS) is 10.1. The summed E-state index contributed by atoms with van der Waals surface area (Å²) in [6, 6.07) is 5.30. The summed E-state index contributed by atoms with van der Waals surface area (Å²) in [5, 5.41) is 14.2. The molecular weight excluding hydrogens is 284 g/mol. The Hall–Kier alpha value is -2.47. The zero-order chi connectivity index (χ0) is 14.5. The molecule has 0 spiro atoms. The Morgan fingerprint density at radius 1 is 1.30 bits per heavy atom. The van der Waals surface area contributed by atoms with Crippen molar-refractivity contribution in [1.82, 2.24) is 5.32 Å². The molecule has 0 aliphatic carbocycles. The Labute approximate surface area is 119 Å². The van der Waals surface area contributed by atoms with Gasteiger partial charge >= 0.3 is 12.0 Å². The number of furan rings is 1. The third-order valence-corrected chi connectivity index (χ3v) is 2.82. The molecule has 0 aliphatic heterocycles. The van der Waals surface area contributed by atoms with Gasteiger partial charge in [0.05, 0.1) is 28.8 Å². The molecule has 0 aliphatic rings. The molecular formula is C13H11ClN2O4. The Kier molecular flexibility index (Phi) is 4.27. The van der Waals surface area contributed by atoms with Crippen molar-refractivity contribution in [2.45, 2.75) is 6.54 Å². The minimum absolute atomic E-state index is 0.0412. The van der Waals surface area contributed by atoms with E-state index in [0.29, 0.717) is 6.54 Å². The molecule has 6 nitrogen and oxygen atoms in total. The summed E-state index contributed by atoms with van der Waals surface area (Å²) in [6.45, 7) is 0.290. The highest BCUT2D eigenvalue weighted by Gasteiger charge is 2.10. The number of aromatic carboxylic acids is 1. The number of carbonyl (C=O) groups is 2. The van der Waals surface area contributed by atoms with Gasteiger partial charge in [0.15, 0.2) is 0 Å². The van der Waals surface area contributed by atoms with Gasteiger partial charge in [0, 0.05) is 12.1 Å². The molecule has 0 unspecified atom stereocenters. The highest BCUT2D eigenvalue weighted by molar-refractivity contribution is 6.33. The fourth-order valence-electron chi connectivity index (χ4n) is 1.50. The Morgan fingerprint density at radius 3 is 2.75 bits per heavy atom. The van der Waals surface area contributed by atoms with E-state index in [1.165, 1.54) is 30.7 Å². The van der Waals surface area contributed by atoms with E-state index >= 15 is 0 Å². The van der Waals surface area contributed by atoms with Gasteiger partial charge in [0.1, 0.15) is 0 Å². The van der Waals surface area contributed by atoms with Gasteiger partial charge in [-0.1, -0.05) is 11.6 Å². The number of hydrogen-bond acceptors (Lipinski definition) is 3. The smallest absolute Gasteiger partial charge is 0.335 e. The van der Waals surface area contributed by atoms with Crippen LogP contribution in [0.15, 0.2) is 41.2 Å². The average Bonchev–Trinajstić information content (AvgIpc) is 2.92. The van der Waals surface area contributed by atoms with Gasteiger partial charge in [-0.05, 0) is 24.3 Å². The molecule has 104 valence electrons. The summed E-state index contributed by atoms with van der Waals surface area (Å²) in [4.78, 5) is 22.5. The van der Waals surface area contributed by atoms with E-state index in [1.807, 2.05) is 0 Å². The molecule has 2 amide bonds. The first-order valence-electron chi connectivity index (χ1n) is 5.65. The maximum absolute atomic E-state index is 11.7. The van der Waals surface area contributed by atoms with Crippen molar-refractivity contribution < 1.29 is 19.1 Å². The van der Waals surface area contributed by atoms with Crippen molar-refractivity contribution in [1.29, 1.82) is 0 Å². The predicted molar refractivity (Wildman–Crippen MR) is 73.0 cm³/mol. The lowest BCUT2D eigenvalue weighted by atomic mass is 10.2. The van der Waals surface area contributed by atoms with E-state index in [4.69, 9.17) is 21.1 Å². The number of urea groups is 1. The summed E-state index contributed by atoms with van der Waals surface area (Å²) >= 11 is 5.89. The zero-order valence-corrected chi connectivity index (χ0v) is 11.0. The largest absolute Gasteiger partial charge is 0.478 e. The summed E-state index contributed by atoms with van der Waals surface area (Å²) in [5.74, 6) is -1.09. The van der Waals surface area contributed by atoms with Gasteiger partial charge in [0.2, 0.25) is 0 Å². The second kappa shape index (κ2) is 6.12. The molecule has 0 bridgehead atoms. The van der Waals surface area contributed by atoms with Crippen LogP contribution < -0.4 is 10.6 Å². The monoisotopic (exact) mass is 294 g/mol. The van der Waals surface area contributed by atoms with Gasteiger partial charge < -0.3 is 20.2 Å². The number of rotatable bonds is 4. The first-order chi connectivity index (χ1) is 9.56. The van der Waals surface area contributed by atoms with Crippen LogP contribution in [0.2, 0.25) is 5.02 Å². The Morgan fingerprint density at radius 2 is 2.10 bits per heavy atom. The molecule has 20 heavy (non-hydrogen) atoms. The topological polar surface area (TPSA) is 91.6 Å². The first kappa shape index (κ1) is 14.0. The van der Waals surface area contributed by atoms with Gasteiger partial charge in [-0.15, -0.1) is 0 Å². The van der Waals surface area contributed by atoms with Crippen molar-refractivity contribution in [3.8, 4) is 0 Å². The van der Waals surface area contributed by atoms with Gasteiger partial charge in [-0.3, -0.25) is 0 Å². The lowest BCUT2D eigenvalue weighted by Gasteiger charge is -2.09. The first-order valence-corrected chi connectivity index (χ1v) is 6.03. The van der Waals surface area contributed by atoms with E-state index in [-0.39, 0.29) is 16.3 Å². The Balaban J connectivity index is 2.00. The number of carboxylic acid groups (broad SMARTS) is 1. The van der Waals surface area contributed by atoms with Gasteiger partial charge in [-0.2, -0.15) is 0 Å². The van der Waals surface area contributed by atoms with Crippen molar-refractivity contribution in [2.75, 3.05) is 5.32 Å². The fraction of sp³-hybridized carbons (Fsp3) is 0.0769. The minimum Gasteiger partial charge on any atom is -0.478 e. The van der Waals surface area contributed by atoms with E-state index in [1.54, 1.807) is 6.07 Å². The SMILES string of the molecule is O=C(NCc1ccoc1)Nc1cc(C(=O)O)ccc1Cl. The zero-order valence-electron chi connectivity index (χ0n) is 10.2. The second-order valence-corrected chi connectivity index (χ2v) is 4.35. The number of carboxylic acids is 1. The maximum Gasteiger partial charge on any atom is 0.335 e. The lowest BCUT2D eigenvalue weighted by molar-refractivity contribution is 0.0697. The molecule has 7 heteroatoms. The molecule has 2 rings (SSSR count). The molecule has 0 atom stereocenters. The fourth-order valence-corrected chi connectivity index (χ4v) is 1.66. The highest BCUT2D eigenvalue weighted by atomic mass is 35.5. The summed E-state index contributed by atoms with van der Waals surface area (Å²) in [7, 11) is 0. The van der Waals surface area contributed by atoms with Crippen LogP contribution in [-0.2, 0) is 6.54 Å². The van der Waals surface area contributed by atoms with Crippen molar-refractivity contribution in [2.24, 2.45) is 0 Å². The van der Waals surface area contributed by atoms with Crippen molar-refractivity contribution in [3.63, 3.8) is 0 Å². The van der Waals surface area contributed by atoms with Crippen LogP contribution in [0.5, 0.6) is 0 Å². The van der Waals surface area contributed by atoms with Crippen LogP contribution in [0.1, 0.15) is 15.9 Å². The maximum atomic E-state index is 11.7. The number of amides is 2. The number of carbonyl (C=O) groups excluding carboxylic acids is 1. The number of hydrogen-bond donors (Lipinski definition) is 3. The Bertz CT molecular complexity index is 625. The minimum atomic E-state index is -1.09. The van der Waals surface area contributed by atoms with Crippen LogP contribution in [-0.4, -0.2) is 17.1 Å². The molecule has 1 aromatic carbocycles.